The van der Waals surface area contributed by atoms with Crippen LogP contribution in [0.1, 0.15) is 59.8 Å². The van der Waals surface area contributed by atoms with Gasteiger partial charge in [0.2, 0.25) is 0 Å². The van der Waals surface area contributed by atoms with Crippen LogP contribution in [0.2, 0.25) is 0 Å². The van der Waals surface area contributed by atoms with E-state index in [1.165, 1.54) is 25.7 Å². The average molecular weight is 184 g/mol. The SMILES string of the molecule is C#CC(C)(O)CC.CCCCCC. The molecule has 0 saturated carbocycles. The summed E-state index contributed by atoms with van der Waals surface area (Å²) in [6, 6.07) is 0. The van der Waals surface area contributed by atoms with E-state index in [-0.39, 0.29) is 0 Å². The van der Waals surface area contributed by atoms with E-state index in [1.807, 2.05) is 6.92 Å². The summed E-state index contributed by atoms with van der Waals surface area (Å²) in [4.78, 5) is 0. The Morgan fingerprint density at radius 3 is 1.62 bits per heavy atom. The first-order chi connectivity index (χ1) is 6.04. The molecule has 1 unspecified atom stereocenters. The van der Waals surface area contributed by atoms with Crippen molar-refractivity contribution in [1.29, 1.82) is 0 Å². The van der Waals surface area contributed by atoms with E-state index in [9.17, 15) is 0 Å². The number of terminal acetylenes is 1. The zero-order valence-corrected chi connectivity index (χ0v) is 9.56. The van der Waals surface area contributed by atoms with Crippen molar-refractivity contribution in [1.82, 2.24) is 0 Å². The van der Waals surface area contributed by atoms with Gasteiger partial charge in [0.1, 0.15) is 5.60 Å². The molecule has 0 amide bonds. The molecular formula is C12H24O. The summed E-state index contributed by atoms with van der Waals surface area (Å²) in [5.74, 6) is 2.25. The van der Waals surface area contributed by atoms with Crippen LogP contribution in [0.25, 0.3) is 0 Å². The van der Waals surface area contributed by atoms with E-state index in [2.05, 4.69) is 19.8 Å². The summed E-state index contributed by atoms with van der Waals surface area (Å²) in [5, 5.41) is 8.90. The van der Waals surface area contributed by atoms with Crippen LogP contribution in [0, 0.1) is 12.3 Å². The third kappa shape index (κ3) is 14.4. The van der Waals surface area contributed by atoms with Gasteiger partial charge in [-0.3, -0.25) is 0 Å². The normalized spacial score (nSPS) is 13.5. The van der Waals surface area contributed by atoms with Gasteiger partial charge in [-0.25, -0.2) is 0 Å². The monoisotopic (exact) mass is 184 g/mol. The Kier molecular flexibility index (Phi) is 11.1. The molecule has 1 nitrogen and oxygen atoms in total. The highest BCUT2D eigenvalue weighted by atomic mass is 16.3. The predicted octanol–water partition coefficient (Wildman–Crippen LogP) is 3.37. The second-order valence-corrected chi connectivity index (χ2v) is 3.48. The molecule has 0 rings (SSSR count). The van der Waals surface area contributed by atoms with Crippen molar-refractivity contribution < 1.29 is 5.11 Å². The number of hydrogen-bond donors (Lipinski definition) is 1. The van der Waals surface area contributed by atoms with Crippen molar-refractivity contribution in [2.24, 2.45) is 0 Å². The lowest BCUT2D eigenvalue weighted by Crippen LogP contribution is -2.18. The Morgan fingerprint density at radius 2 is 1.54 bits per heavy atom. The van der Waals surface area contributed by atoms with Crippen LogP contribution in [0.3, 0.4) is 0 Å². The molecule has 0 heterocycles. The first-order valence-corrected chi connectivity index (χ1v) is 5.24. The minimum absolute atomic E-state index is 0.615. The number of hydrogen-bond acceptors (Lipinski definition) is 1. The molecule has 1 N–H and O–H groups in total. The van der Waals surface area contributed by atoms with Crippen LogP contribution in [-0.4, -0.2) is 10.7 Å². The molecule has 0 bridgehead atoms. The molecule has 0 radical (unpaired) electrons. The third-order valence-corrected chi connectivity index (χ3v) is 1.96. The maximum absolute atomic E-state index is 8.90. The standard InChI is InChI=1S/C6H10O.C6H14/c1-4-6(3,7)5-2;1-3-5-6-4-2/h1,7H,5H2,2-3H3;3-6H2,1-2H3. The van der Waals surface area contributed by atoms with Crippen molar-refractivity contribution in [2.45, 2.75) is 65.4 Å². The van der Waals surface area contributed by atoms with Gasteiger partial charge in [-0.2, -0.15) is 0 Å². The van der Waals surface area contributed by atoms with Crippen molar-refractivity contribution >= 4 is 0 Å². The fraction of sp³-hybridized carbons (Fsp3) is 0.833. The van der Waals surface area contributed by atoms with Crippen LogP contribution in [0.15, 0.2) is 0 Å². The molecule has 0 aromatic rings. The molecule has 0 aliphatic carbocycles. The maximum atomic E-state index is 8.90. The topological polar surface area (TPSA) is 20.2 Å². The molecular weight excluding hydrogens is 160 g/mol. The van der Waals surface area contributed by atoms with E-state index >= 15 is 0 Å². The van der Waals surface area contributed by atoms with Gasteiger partial charge in [-0.15, -0.1) is 6.42 Å². The van der Waals surface area contributed by atoms with Gasteiger partial charge in [-0.1, -0.05) is 52.4 Å². The van der Waals surface area contributed by atoms with Gasteiger partial charge < -0.3 is 5.11 Å². The Bertz CT molecular complexity index is 127. The minimum Gasteiger partial charge on any atom is -0.378 e. The fourth-order valence-corrected chi connectivity index (χ4v) is 0.602. The molecule has 0 aromatic heterocycles. The Morgan fingerprint density at radius 1 is 1.15 bits per heavy atom. The van der Waals surface area contributed by atoms with Gasteiger partial charge in [0.05, 0.1) is 0 Å². The molecule has 1 atom stereocenters. The van der Waals surface area contributed by atoms with E-state index < -0.39 is 5.60 Å². The molecule has 13 heavy (non-hydrogen) atoms. The van der Waals surface area contributed by atoms with Crippen LogP contribution in [0.5, 0.6) is 0 Å². The molecule has 0 aromatic carbocycles. The summed E-state index contributed by atoms with van der Waals surface area (Å²) in [5.41, 5.74) is -0.889. The highest BCUT2D eigenvalue weighted by Crippen LogP contribution is 2.03. The van der Waals surface area contributed by atoms with Crippen molar-refractivity contribution in [3.63, 3.8) is 0 Å². The first-order valence-electron chi connectivity index (χ1n) is 5.24. The average Bonchev–Trinajstić information content (AvgIpc) is 2.16. The molecule has 0 aliphatic heterocycles. The third-order valence-electron chi connectivity index (χ3n) is 1.96. The number of rotatable bonds is 4. The second-order valence-electron chi connectivity index (χ2n) is 3.48. The smallest absolute Gasteiger partial charge is 0.122 e. The van der Waals surface area contributed by atoms with E-state index in [0.29, 0.717) is 6.42 Å². The quantitative estimate of drug-likeness (QED) is 0.524. The summed E-state index contributed by atoms with van der Waals surface area (Å²) in [6.07, 6.45) is 11.1. The lowest BCUT2D eigenvalue weighted by molar-refractivity contribution is 0.118. The largest absolute Gasteiger partial charge is 0.378 e. The lowest BCUT2D eigenvalue weighted by atomic mass is 10.1. The Labute approximate surface area is 83.6 Å². The highest BCUT2D eigenvalue weighted by Gasteiger charge is 2.10. The fourth-order valence-electron chi connectivity index (χ4n) is 0.602. The molecule has 0 spiro atoms. The van der Waals surface area contributed by atoms with Gasteiger partial charge in [-0.05, 0) is 13.3 Å². The van der Waals surface area contributed by atoms with Crippen LogP contribution >= 0.6 is 0 Å². The number of aliphatic hydroxyl groups is 1. The number of unbranched alkanes of at least 4 members (excludes halogenated alkanes) is 3. The minimum atomic E-state index is -0.889. The van der Waals surface area contributed by atoms with Crippen LogP contribution < -0.4 is 0 Å². The van der Waals surface area contributed by atoms with Gasteiger partial charge in [0.15, 0.2) is 0 Å². The van der Waals surface area contributed by atoms with Crippen molar-refractivity contribution in [3.8, 4) is 12.3 Å². The van der Waals surface area contributed by atoms with Crippen molar-refractivity contribution in [3.05, 3.63) is 0 Å². The summed E-state index contributed by atoms with van der Waals surface area (Å²) < 4.78 is 0. The molecule has 0 aliphatic rings. The van der Waals surface area contributed by atoms with Crippen LogP contribution in [0.4, 0.5) is 0 Å². The summed E-state index contributed by atoms with van der Waals surface area (Å²) in [6.45, 7) is 7.93. The Balaban J connectivity index is 0. The zero-order chi connectivity index (χ0) is 10.7. The molecule has 0 fully saturated rings. The van der Waals surface area contributed by atoms with Crippen molar-refractivity contribution in [2.75, 3.05) is 0 Å². The maximum Gasteiger partial charge on any atom is 0.122 e. The van der Waals surface area contributed by atoms with Gasteiger partial charge >= 0.3 is 0 Å². The summed E-state index contributed by atoms with van der Waals surface area (Å²) in [7, 11) is 0. The molecule has 0 saturated heterocycles. The zero-order valence-electron chi connectivity index (χ0n) is 9.56. The van der Waals surface area contributed by atoms with Crippen LogP contribution in [-0.2, 0) is 0 Å². The second kappa shape index (κ2) is 9.61. The lowest BCUT2D eigenvalue weighted by Gasteiger charge is -2.10. The van der Waals surface area contributed by atoms with Gasteiger partial charge in [0, 0.05) is 0 Å². The highest BCUT2D eigenvalue weighted by molar-refractivity contribution is 5.03. The molecule has 78 valence electrons. The van der Waals surface area contributed by atoms with E-state index in [1.54, 1.807) is 6.92 Å². The van der Waals surface area contributed by atoms with Gasteiger partial charge in [0.25, 0.3) is 0 Å². The van der Waals surface area contributed by atoms with E-state index in [0.717, 1.165) is 0 Å². The summed E-state index contributed by atoms with van der Waals surface area (Å²) >= 11 is 0. The first kappa shape index (κ1) is 15.0. The van der Waals surface area contributed by atoms with E-state index in [4.69, 9.17) is 11.5 Å². The molecule has 1 heteroatoms. The Hall–Kier alpha value is -0.480. The predicted molar refractivity (Wildman–Crippen MR) is 59.6 cm³/mol.